The third-order valence-electron chi connectivity index (χ3n) is 4.28. The monoisotopic (exact) mass is 381 g/mol. The molecule has 2 aromatic carbocycles. The highest BCUT2D eigenvalue weighted by Gasteiger charge is 2.13. The first-order valence-electron chi connectivity index (χ1n) is 8.80. The van der Waals surface area contributed by atoms with E-state index in [1.807, 2.05) is 63.4 Å². The molecule has 0 fully saturated rings. The maximum atomic E-state index is 12.5. The summed E-state index contributed by atoms with van der Waals surface area (Å²) in [6.45, 7) is 6.39. The minimum Gasteiger partial charge on any atom is -0.493 e. The highest BCUT2D eigenvalue weighted by Crippen LogP contribution is 2.33. The van der Waals surface area contributed by atoms with Crippen LogP contribution in [-0.2, 0) is 4.79 Å². The fourth-order valence-corrected chi connectivity index (χ4v) is 3.38. The molecule has 3 rings (SSSR count). The van der Waals surface area contributed by atoms with Crippen molar-refractivity contribution in [3.63, 3.8) is 0 Å². The van der Waals surface area contributed by atoms with Crippen molar-refractivity contribution < 1.29 is 13.9 Å². The maximum Gasteiger partial charge on any atom is 0.248 e. The van der Waals surface area contributed by atoms with E-state index in [1.54, 1.807) is 24.1 Å². The molecule has 0 atom stereocenters. The van der Waals surface area contributed by atoms with Gasteiger partial charge in [0.05, 0.1) is 12.9 Å². The molecule has 0 aliphatic carbocycles. The topological polar surface area (TPSA) is 51.5 Å². The highest BCUT2D eigenvalue weighted by atomic mass is 32.2. The van der Waals surface area contributed by atoms with Crippen LogP contribution in [0.25, 0.3) is 16.5 Å². The first-order valence-corrected chi connectivity index (χ1v) is 10.0. The van der Waals surface area contributed by atoms with Crippen molar-refractivity contribution in [1.29, 1.82) is 0 Å². The molecule has 3 aromatic rings. The molecule has 1 heterocycles. The lowest BCUT2D eigenvalue weighted by Gasteiger charge is -2.11. The summed E-state index contributed by atoms with van der Waals surface area (Å²) >= 11 is 1.64. The van der Waals surface area contributed by atoms with Crippen molar-refractivity contribution >= 4 is 39.9 Å². The summed E-state index contributed by atoms with van der Waals surface area (Å²) in [4.78, 5) is 13.6. The lowest BCUT2D eigenvalue weighted by atomic mass is 10.0. The van der Waals surface area contributed by atoms with E-state index in [9.17, 15) is 4.79 Å². The number of anilines is 1. The van der Waals surface area contributed by atoms with Crippen molar-refractivity contribution in [1.82, 2.24) is 0 Å². The Morgan fingerprint density at radius 3 is 2.85 bits per heavy atom. The number of thioether (sulfide) groups is 1. The van der Waals surface area contributed by atoms with E-state index in [4.69, 9.17) is 9.15 Å². The van der Waals surface area contributed by atoms with Gasteiger partial charge in [0.2, 0.25) is 5.91 Å². The molecule has 4 nitrogen and oxygen atoms in total. The molecule has 5 heteroatoms. The van der Waals surface area contributed by atoms with E-state index >= 15 is 0 Å². The molecule has 0 radical (unpaired) electrons. The van der Waals surface area contributed by atoms with Gasteiger partial charge in [0.25, 0.3) is 0 Å². The van der Waals surface area contributed by atoms with Gasteiger partial charge in [-0.1, -0.05) is 6.07 Å². The van der Waals surface area contributed by atoms with Gasteiger partial charge in [-0.25, -0.2) is 0 Å². The molecular weight excluding hydrogens is 358 g/mol. The number of benzene rings is 2. The standard InChI is InChI=1S/C22H23NO3S/c1-5-25-20-12-21-19(15(3)13-26-21)11-18(20)14(2)9-22(24)23-16-7-6-8-17(10-16)27-4/h6-13H,5H2,1-4H3,(H,23,24)/b14-9+. The van der Waals surface area contributed by atoms with Crippen LogP contribution in [-0.4, -0.2) is 18.8 Å². The second kappa shape index (κ2) is 8.35. The Balaban J connectivity index is 1.90. The van der Waals surface area contributed by atoms with Gasteiger partial charge in [0.1, 0.15) is 11.3 Å². The minimum absolute atomic E-state index is 0.169. The Labute approximate surface area is 163 Å². The smallest absolute Gasteiger partial charge is 0.248 e. The predicted molar refractivity (Wildman–Crippen MR) is 113 cm³/mol. The van der Waals surface area contributed by atoms with Gasteiger partial charge in [-0.3, -0.25) is 4.79 Å². The second-order valence-electron chi connectivity index (χ2n) is 6.24. The van der Waals surface area contributed by atoms with Crippen molar-refractivity contribution in [2.75, 3.05) is 18.2 Å². The number of aryl methyl sites for hydroxylation is 1. The molecule has 0 saturated heterocycles. The summed E-state index contributed by atoms with van der Waals surface area (Å²) < 4.78 is 11.3. The van der Waals surface area contributed by atoms with E-state index < -0.39 is 0 Å². The third kappa shape index (κ3) is 4.37. The van der Waals surface area contributed by atoms with Gasteiger partial charge in [-0.15, -0.1) is 11.8 Å². The van der Waals surface area contributed by atoms with Crippen LogP contribution in [0.2, 0.25) is 0 Å². The van der Waals surface area contributed by atoms with Gasteiger partial charge in [-0.05, 0) is 62.4 Å². The summed E-state index contributed by atoms with van der Waals surface area (Å²) in [6.07, 6.45) is 5.34. The number of fused-ring (bicyclic) bond motifs is 1. The molecule has 0 spiro atoms. The second-order valence-corrected chi connectivity index (χ2v) is 7.12. The average molecular weight is 381 g/mol. The van der Waals surface area contributed by atoms with Crippen LogP contribution in [0.1, 0.15) is 25.0 Å². The summed E-state index contributed by atoms with van der Waals surface area (Å²) in [6, 6.07) is 11.7. The first-order chi connectivity index (χ1) is 13.0. The largest absolute Gasteiger partial charge is 0.493 e. The van der Waals surface area contributed by atoms with Crippen molar-refractivity contribution in [3.05, 3.63) is 59.9 Å². The normalized spacial score (nSPS) is 11.6. The van der Waals surface area contributed by atoms with E-state index in [-0.39, 0.29) is 5.91 Å². The number of ether oxygens (including phenoxy) is 1. The zero-order valence-corrected chi connectivity index (χ0v) is 16.8. The molecule has 1 aromatic heterocycles. The number of hydrogen-bond acceptors (Lipinski definition) is 4. The maximum absolute atomic E-state index is 12.5. The SMILES string of the molecule is CCOc1cc2occ(C)c2cc1/C(C)=C/C(=O)Nc1cccc(SC)c1. The quantitative estimate of drug-likeness (QED) is 0.426. The molecule has 1 N–H and O–H groups in total. The van der Waals surface area contributed by atoms with E-state index in [2.05, 4.69) is 5.32 Å². The van der Waals surface area contributed by atoms with Gasteiger partial charge >= 0.3 is 0 Å². The zero-order valence-electron chi connectivity index (χ0n) is 16.0. The minimum atomic E-state index is -0.169. The summed E-state index contributed by atoms with van der Waals surface area (Å²) in [5.41, 5.74) is 4.34. The number of furan rings is 1. The number of amides is 1. The molecule has 140 valence electrons. The van der Waals surface area contributed by atoms with E-state index in [1.165, 1.54) is 0 Å². The Hall–Kier alpha value is -2.66. The van der Waals surface area contributed by atoms with Crippen molar-refractivity contribution in [3.8, 4) is 5.75 Å². The molecule has 27 heavy (non-hydrogen) atoms. The average Bonchev–Trinajstić information content (AvgIpc) is 3.01. The van der Waals surface area contributed by atoms with Crippen LogP contribution < -0.4 is 10.1 Å². The molecule has 0 unspecified atom stereocenters. The molecule has 0 aliphatic rings. The van der Waals surface area contributed by atoms with Crippen molar-refractivity contribution in [2.24, 2.45) is 0 Å². The van der Waals surface area contributed by atoms with Crippen LogP contribution in [0.15, 0.2) is 58.1 Å². The number of rotatable bonds is 6. The van der Waals surface area contributed by atoms with E-state index in [0.717, 1.165) is 38.3 Å². The summed E-state index contributed by atoms with van der Waals surface area (Å²) in [5.74, 6) is 0.544. The van der Waals surface area contributed by atoms with Gasteiger partial charge in [-0.2, -0.15) is 0 Å². The van der Waals surface area contributed by atoms with Crippen LogP contribution in [0, 0.1) is 6.92 Å². The number of carbonyl (C=O) groups excluding carboxylic acids is 1. The highest BCUT2D eigenvalue weighted by molar-refractivity contribution is 7.98. The van der Waals surface area contributed by atoms with Gasteiger partial charge in [0.15, 0.2) is 0 Å². The summed E-state index contributed by atoms with van der Waals surface area (Å²) in [5, 5.41) is 3.95. The lowest BCUT2D eigenvalue weighted by molar-refractivity contribution is -0.111. The number of hydrogen-bond donors (Lipinski definition) is 1. The van der Waals surface area contributed by atoms with Crippen LogP contribution in [0.3, 0.4) is 0 Å². The Bertz CT molecular complexity index is 1000. The molecule has 0 bridgehead atoms. The number of nitrogens with one attached hydrogen (secondary N) is 1. The molecule has 0 saturated carbocycles. The molecular formula is C22H23NO3S. The number of carbonyl (C=O) groups is 1. The fourth-order valence-electron chi connectivity index (χ4n) is 2.92. The van der Waals surface area contributed by atoms with Crippen LogP contribution in [0.5, 0.6) is 5.75 Å². The van der Waals surface area contributed by atoms with E-state index in [0.29, 0.717) is 12.4 Å². The van der Waals surface area contributed by atoms with Crippen molar-refractivity contribution in [2.45, 2.75) is 25.7 Å². The third-order valence-corrected chi connectivity index (χ3v) is 5.00. The van der Waals surface area contributed by atoms with Gasteiger partial charge < -0.3 is 14.5 Å². The summed E-state index contributed by atoms with van der Waals surface area (Å²) in [7, 11) is 0. The van der Waals surface area contributed by atoms with Crippen LogP contribution >= 0.6 is 11.8 Å². The molecule has 1 amide bonds. The predicted octanol–water partition coefficient (Wildman–Crippen LogP) is 5.90. The zero-order chi connectivity index (χ0) is 19.4. The first kappa shape index (κ1) is 19.1. The molecule has 0 aliphatic heterocycles. The Kier molecular flexibility index (Phi) is 5.91. The van der Waals surface area contributed by atoms with Crippen LogP contribution in [0.4, 0.5) is 5.69 Å². The Morgan fingerprint density at radius 1 is 1.30 bits per heavy atom. The Morgan fingerprint density at radius 2 is 2.11 bits per heavy atom. The van der Waals surface area contributed by atoms with Gasteiger partial charge in [0, 0.05) is 33.7 Å². The lowest BCUT2D eigenvalue weighted by Crippen LogP contribution is -2.08. The fraction of sp³-hybridized carbons (Fsp3) is 0.227. The number of allylic oxidation sites excluding steroid dienone is 1.